The van der Waals surface area contributed by atoms with Crippen molar-refractivity contribution in [2.75, 3.05) is 6.54 Å². The number of carboxylic acids is 1. The van der Waals surface area contributed by atoms with Gasteiger partial charge in [-0.05, 0) is 29.5 Å². The zero-order valence-electron chi connectivity index (χ0n) is 17.2. The van der Waals surface area contributed by atoms with Crippen molar-refractivity contribution in [3.8, 4) is 0 Å². The van der Waals surface area contributed by atoms with Gasteiger partial charge >= 0.3 is 5.97 Å². The lowest BCUT2D eigenvalue weighted by molar-refractivity contribution is -0.137. The fraction of sp³-hybridized carbons (Fsp3) is 0.480. The van der Waals surface area contributed by atoms with Gasteiger partial charge in [-0.3, -0.25) is 4.79 Å². The van der Waals surface area contributed by atoms with Gasteiger partial charge in [0.1, 0.15) is 0 Å². The van der Waals surface area contributed by atoms with E-state index in [1.54, 1.807) is 0 Å². The monoisotopic (exact) mass is 381 g/mol. The van der Waals surface area contributed by atoms with E-state index in [1.807, 2.05) is 30.3 Å². The van der Waals surface area contributed by atoms with Crippen LogP contribution in [0.4, 0.5) is 0 Å². The lowest BCUT2D eigenvalue weighted by Crippen LogP contribution is -2.23. The fourth-order valence-electron chi connectivity index (χ4n) is 3.57. The predicted molar refractivity (Wildman–Crippen MR) is 117 cm³/mol. The molecule has 3 heteroatoms. The molecule has 0 aliphatic carbocycles. The number of unbranched alkanes of at least 4 members (excludes halogenated alkanes) is 5. The van der Waals surface area contributed by atoms with Crippen LogP contribution in [-0.2, 0) is 17.8 Å². The molecule has 0 saturated carbocycles. The average molecular weight is 382 g/mol. The molecule has 0 aromatic heterocycles. The molecule has 1 atom stereocenters. The van der Waals surface area contributed by atoms with E-state index in [9.17, 15) is 9.90 Å². The molecule has 0 saturated heterocycles. The summed E-state index contributed by atoms with van der Waals surface area (Å²) in [5.41, 5.74) is 3.73. The number of rotatable bonds is 14. The molecule has 2 rings (SSSR count). The molecule has 0 fully saturated rings. The Morgan fingerprint density at radius 2 is 1.54 bits per heavy atom. The number of benzene rings is 2. The van der Waals surface area contributed by atoms with Crippen molar-refractivity contribution in [2.45, 2.75) is 70.8 Å². The highest BCUT2D eigenvalue weighted by Crippen LogP contribution is 2.19. The first kappa shape index (κ1) is 22.2. The van der Waals surface area contributed by atoms with Crippen LogP contribution in [-0.4, -0.2) is 17.6 Å². The Labute approximate surface area is 170 Å². The number of nitrogens with one attached hydrogen (secondary N) is 1. The predicted octanol–water partition coefficient (Wildman–Crippen LogP) is 5.94. The van der Waals surface area contributed by atoms with Crippen LogP contribution in [0, 0.1) is 0 Å². The summed E-state index contributed by atoms with van der Waals surface area (Å²) in [6, 6.07) is 18.7. The average Bonchev–Trinajstić information content (AvgIpc) is 2.71. The van der Waals surface area contributed by atoms with Crippen LogP contribution in [0.3, 0.4) is 0 Å². The second kappa shape index (κ2) is 13.1. The molecular weight excluding hydrogens is 346 g/mol. The summed E-state index contributed by atoms with van der Waals surface area (Å²) in [4.78, 5) is 11.2. The molecule has 2 aromatic rings. The fourth-order valence-corrected chi connectivity index (χ4v) is 3.57. The van der Waals surface area contributed by atoms with Gasteiger partial charge in [-0.1, -0.05) is 93.6 Å². The van der Waals surface area contributed by atoms with Crippen molar-refractivity contribution >= 4 is 5.97 Å². The summed E-state index contributed by atoms with van der Waals surface area (Å²) in [7, 11) is 0. The molecule has 0 radical (unpaired) electrons. The SMILES string of the molecule is CCCCCCCCc1ccc(CNCC(CC(=O)O)c2ccccc2)cc1. The van der Waals surface area contributed by atoms with Gasteiger partial charge in [0, 0.05) is 19.0 Å². The first-order chi connectivity index (χ1) is 13.7. The lowest BCUT2D eigenvalue weighted by atomic mass is 9.95. The van der Waals surface area contributed by atoms with E-state index in [2.05, 4.69) is 36.5 Å². The number of carbonyl (C=O) groups is 1. The van der Waals surface area contributed by atoms with E-state index >= 15 is 0 Å². The summed E-state index contributed by atoms with van der Waals surface area (Å²) >= 11 is 0. The second-order valence-electron chi connectivity index (χ2n) is 7.67. The number of hydrogen-bond donors (Lipinski definition) is 2. The molecule has 0 amide bonds. The quantitative estimate of drug-likeness (QED) is 0.398. The maximum Gasteiger partial charge on any atom is 0.304 e. The Balaban J connectivity index is 1.73. The van der Waals surface area contributed by atoms with Gasteiger partial charge in [-0.2, -0.15) is 0 Å². The highest BCUT2D eigenvalue weighted by molar-refractivity contribution is 5.68. The smallest absolute Gasteiger partial charge is 0.304 e. The summed E-state index contributed by atoms with van der Waals surface area (Å²) in [6.45, 7) is 3.68. The highest BCUT2D eigenvalue weighted by atomic mass is 16.4. The first-order valence-corrected chi connectivity index (χ1v) is 10.7. The Morgan fingerprint density at radius 3 is 2.21 bits per heavy atom. The standard InChI is InChI=1S/C25H35NO2/c1-2-3-4-5-6-8-11-21-14-16-22(17-15-21)19-26-20-24(18-25(27)28)23-12-9-7-10-13-23/h7,9-10,12-17,24,26H,2-6,8,11,18-20H2,1H3,(H,27,28). The van der Waals surface area contributed by atoms with Crippen molar-refractivity contribution in [1.82, 2.24) is 5.32 Å². The third kappa shape index (κ3) is 8.71. The second-order valence-corrected chi connectivity index (χ2v) is 7.67. The van der Waals surface area contributed by atoms with Crippen LogP contribution < -0.4 is 5.32 Å². The normalized spacial score (nSPS) is 12.0. The number of hydrogen-bond acceptors (Lipinski definition) is 2. The first-order valence-electron chi connectivity index (χ1n) is 10.7. The Hall–Kier alpha value is -2.13. The van der Waals surface area contributed by atoms with Crippen molar-refractivity contribution < 1.29 is 9.90 Å². The Bertz CT molecular complexity index is 667. The van der Waals surface area contributed by atoms with Gasteiger partial charge in [0.15, 0.2) is 0 Å². The van der Waals surface area contributed by atoms with Gasteiger partial charge in [0.25, 0.3) is 0 Å². The van der Waals surface area contributed by atoms with Gasteiger partial charge < -0.3 is 10.4 Å². The summed E-state index contributed by atoms with van der Waals surface area (Å²) in [5.74, 6) is -0.764. The lowest BCUT2D eigenvalue weighted by Gasteiger charge is -2.16. The molecule has 2 aromatic carbocycles. The Kier molecular flexibility index (Phi) is 10.4. The number of aryl methyl sites for hydroxylation is 1. The molecule has 2 N–H and O–H groups in total. The number of carboxylic acid groups (broad SMARTS) is 1. The van der Waals surface area contributed by atoms with E-state index in [0.29, 0.717) is 6.54 Å². The molecule has 28 heavy (non-hydrogen) atoms. The maximum atomic E-state index is 11.2. The summed E-state index contributed by atoms with van der Waals surface area (Å²) in [5, 5.41) is 12.6. The molecule has 1 unspecified atom stereocenters. The van der Waals surface area contributed by atoms with Crippen LogP contribution >= 0.6 is 0 Å². The van der Waals surface area contributed by atoms with Crippen LogP contribution in [0.5, 0.6) is 0 Å². The van der Waals surface area contributed by atoms with Gasteiger partial charge in [0.2, 0.25) is 0 Å². The molecule has 0 heterocycles. The summed E-state index contributed by atoms with van der Waals surface area (Å²) < 4.78 is 0. The molecule has 0 aliphatic rings. The summed E-state index contributed by atoms with van der Waals surface area (Å²) in [6.07, 6.45) is 9.30. The topological polar surface area (TPSA) is 49.3 Å². The zero-order chi connectivity index (χ0) is 20.0. The molecule has 152 valence electrons. The van der Waals surface area contributed by atoms with Crippen molar-refractivity contribution in [3.05, 3.63) is 71.3 Å². The van der Waals surface area contributed by atoms with Gasteiger partial charge in [-0.25, -0.2) is 0 Å². The minimum Gasteiger partial charge on any atom is -0.481 e. The van der Waals surface area contributed by atoms with Crippen LogP contribution in [0.1, 0.15) is 74.5 Å². The van der Waals surface area contributed by atoms with Crippen LogP contribution in [0.2, 0.25) is 0 Å². The maximum absolute atomic E-state index is 11.2. The minimum absolute atomic E-state index is 0.00863. The van der Waals surface area contributed by atoms with E-state index in [4.69, 9.17) is 0 Å². The number of aliphatic carboxylic acids is 1. The third-order valence-electron chi connectivity index (χ3n) is 5.25. The van der Waals surface area contributed by atoms with Crippen LogP contribution in [0.15, 0.2) is 54.6 Å². The van der Waals surface area contributed by atoms with E-state index < -0.39 is 5.97 Å². The molecular formula is C25H35NO2. The molecule has 0 spiro atoms. The van der Waals surface area contributed by atoms with Crippen molar-refractivity contribution in [1.29, 1.82) is 0 Å². The van der Waals surface area contributed by atoms with Gasteiger partial charge in [-0.15, -0.1) is 0 Å². The van der Waals surface area contributed by atoms with E-state index in [0.717, 1.165) is 18.5 Å². The molecule has 3 nitrogen and oxygen atoms in total. The Morgan fingerprint density at radius 1 is 0.893 bits per heavy atom. The largest absolute Gasteiger partial charge is 0.481 e. The van der Waals surface area contributed by atoms with Gasteiger partial charge in [0.05, 0.1) is 6.42 Å². The zero-order valence-corrected chi connectivity index (χ0v) is 17.2. The molecule has 0 aliphatic heterocycles. The van der Waals surface area contributed by atoms with Crippen LogP contribution in [0.25, 0.3) is 0 Å². The van der Waals surface area contributed by atoms with Crippen molar-refractivity contribution in [3.63, 3.8) is 0 Å². The molecule has 0 bridgehead atoms. The van der Waals surface area contributed by atoms with Crippen molar-refractivity contribution in [2.24, 2.45) is 0 Å². The highest BCUT2D eigenvalue weighted by Gasteiger charge is 2.14. The van der Waals surface area contributed by atoms with E-state index in [1.165, 1.54) is 49.7 Å². The van der Waals surface area contributed by atoms with E-state index in [-0.39, 0.29) is 12.3 Å². The third-order valence-corrected chi connectivity index (χ3v) is 5.25. The minimum atomic E-state index is -0.755.